The molecule has 2 rings (SSSR count). The van der Waals surface area contributed by atoms with Crippen molar-refractivity contribution >= 4 is 21.5 Å². The summed E-state index contributed by atoms with van der Waals surface area (Å²) in [7, 11) is -3.71. The Morgan fingerprint density at radius 2 is 1.89 bits per heavy atom. The van der Waals surface area contributed by atoms with Gasteiger partial charge in [0, 0.05) is 6.07 Å². The third-order valence-corrected chi connectivity index (χ3v) is 4.19. The molecule has 1 aromatic carbocycles. The fraction of sp³-hybridized carbons (Fsp3) is 0.182. The Morgan fingerprint density at radius 3 is 2.50 bits per heavy atom. The normalized spacial score (nSPS) is 11.4. The van der Waals surface area contributed by atoms with Crippen LogP contribution in [0.3, 0.4) is 0 Å². The number of hydrogen-bond donors (Lipinski definition) is 3. The maximum absolute atomic E-state index is 12.3. The molecule has 0 atom stereocenters. The Bertz CT molecular complexity index is 663. The fourth-order valence-electron chi connectivity index (χ4n) is 1.67. The van der Waals surface area contributed by atoms with Crippen LogP contribution in [0.15, 0.2) is 29.3 Å². The van der Waals surface area contributed by atoms with Crippen LogP contribution in [0.25, 0.3) is 0 Å². The molecule has 0 aliphatic rings. The van der Waals surface area contributed by atoms with Crippen molar-refractivity contribution in [1.82, 2.24) is 10.2 Å². The van der Waals surface area contributed by atoms with Gasteiger partial charge in [-0.1, -0.05) is 12.1 Å². The van der Waals surface area contributed by atoms with Gasteiger partial charge < -0.3 is 5.73 Å². The summed E-state index contributed by atoms with van der Waals surface area (Å²) < 4.78 is 26.9. The summed E-state index contributed by atoms with van der Waals surface area (Å²) in [6.45, 7) is 3.47. The molecule has 96 valence electrons. The van der Waals surface area contributed by atoms with Gasteiger partial charge in [0.25, 0.3) is 10.0 Å². The average Bonchev–Trinajstić information content (AvgIpc) is 2.75. The van der Waals surface area contributed by atoms with Gasteiger partial charge in [0.15, 0.2) is 0 Å². The maximum atomic E-state index is 12.3. The van der Waals surface area contributed by atoms with E-state index in [4.69, 9.17) is 5.73 Å². The topological polar surface area (TPSA) is 101 Å². The number of sulfonamides is 1. The Balaban J connectivity index is 2.51. The minimum Gasteiger partial charge on any atom is -0.397 e. The van der Waals surface area contributed by atoms with Crippen molar-refractivity contribution in [2.45, 2.75) is 18.7 Å². The monoisotopic (exact) mass is 266 g/mol. The lowest BCUT2D eigenvalue weighted by atomic mass is 10.1. The van der Waals surface area contributed by atoms with E-state index >= 15 is 0 Å². The molecule has 1 heterocycles. The number of aryl methyl sites for hydroxylation is 2. The molecule has 0 radical (unpaired) electrons. The first-order chi connectivity index (χ1) is 8.42. The second kappa shape index (κ2) is 4.34. The lowest BCUT2D eigenvalue weighted by Crippen LogP contribution is -2.17. The van der Waals surface area contributed by atoms with Crippen molar-refractivity contribution in [3.63, 3.8) is 0 Å². The largest absolute Gasteiger partial charge is 0.397 e. The van der Waals surface area contributed by atoms with Crippen molar-refractivity contribution in [1.29, 1.82) is 0 Å². The van der Waals surface area contributed by atoms with E-state index in [2.05, 4.69) is 14.9 Å². The predicted octanol–water partition coefficient (Wildman–Crippen LogP) is 1.41. The minimum atomic E-state index is -3.71. The van der Waals surface area contributed by atoms with E-state index in [1.165, 1.54) is 12.3 Å². The number of H-pyrrole nitrogens is 1. The van der Waals surface area contributed by atoms with Crippen molar-refractivity contribution in [3.8, 4) is 0 Å². The zero-order valence-electron chi connectivity index (χ0n) is 10.1. The number of nitrogen functional groups attached to an aromatic ring is 1. The first-order valence-electron chi connectivity index (χ1n) is 5.29. The SMILES string of the molecule is Cc1ccc(C)c(S(=O)(=O)Nc2ccn[nH]2)c1N. The van der Waals surface area contributed by atoms with Gasteiger partial charge in [0.05, 0.1) is 11.9 Å². The number of aromatic amines is 1. The number of nitrogens with one attached hydrogen (secondary N) is 2. The molecule has 0 fully saturated rings. The third-order valence-electron chi connectivity index (χ3n) is 2.62. The Hall–Kier alpha value is -2.02. The van der Waals surface area contributed by atoms with Crippen molar-refractivity contribution in [3.05, 3.63) is 35.5 Å². The molecule has 7 heteroatoms. The molecule has 0 saturated carbocycles. The number of nitrogens with zero attached hydrogens (tertiary/aromatic N) is 1. The minimum absolute atomic E-state index is 0.108. The standard InChI is InChI=1S/C11H14N4O2S/c1-7-3-4-8(2)11(10(7)12)18(16,17)15-9-5-6-13-14-9/h3-6H,12H2,1-2H3,(H2,13,14,15). The fourth-order valence-corrected chi connectivity index (χ4v) is 3.12. The molecule has 1 aromatic heterocycles. The van der Waals surface area contributed by atoms with Crippen LogP contribution < -0.4 is 10.5 Å². The van der Waals surface area contributed by atoms with Crippen LogP contribution in [-0.4, -0.2) is 18.6 Å². The van der Waals surface area contributed by atoms with Crippen LogP contribution in [0.4, 0.5) is 11.5 Å². The summed E-state index contributed by atoms with van der Waals surface area (Å²) >= 11 is 0. The molecule has 0 saturated heterocycles. The molecule has 18 heavy (non-hydrogen) atoms. The highest BCUT2D eigenvalue weighted by molar-refractivity contribution is 7.93. The second-order valence-electron chi connectivity index (χ2n) is 4.02. The predicted molar refractivity (Wildman–Crippen MR) is 69.7 cm³/mol. The van der Waals surface area contributed by atoms with Crippen LogP contribution in [0, 0.1) is 13.8 Å². The average molecular weight is 266 g/mol. The molecule has 4 N–H and O–H groups in total. The summed E-state index contributed by atoms with van der Waals surface area (Å²) in [4.78, 5) is 0.108. The Morgan fingerprint density at radius 1 is 1.22 bits per heavy atom. The Labute approximate surface area is 105 Å². The molecule has 0 amide bonds. The highest BCUT2D eigenvalue weighted by Gasteiger charge is 2.21. The van der Waals surface area contributed by atoms with Crippen LogP contribution in [0.1, 0.15) is 11.1 Å². The van der Waals surface area contributed by atoms with Gasteiger partial charge in [0.2, 0.25) is 0 Å². The van der Waals surface area contributed by atoms with Gasteiger partial charge >= 0.3 is 0 Å². The number of hydrogen-bond acceptors (Lipinski definition) is 4. The Kier molecular flexibility index (Phi) is 3.00. The molecule has 0 aliphatic carbocycles. The van der Waals surface area contributed by atoms with E-state index in [9.17, 15) is 8.42 Å². The van der Waals surface area contributed by atoms with Crippen molar-refractivity contribution in [2.75, 3.05) is 10.5 Å². The van der Waals surface area contributed by atoms with Crippen LogP contribution in [0.5, 0.6) is 0 Å². The molecule has 0 spiro atoms. The van der Waals surface area contributed by atoms with E-state index < -0.39 is 10.0 Å². The van der Waals surface area contributed by atoms with E-state index in [0.29, 0.717) is 11.4 Å². The molecule has 6 nitrogen and oxygen atoms in total. The number of anilines is 2. The molecule has 0 unspecified atom stereocenters. The zero-order valence-corrected chi connectivity index (χ0v) is 10.9. The lowest BCUT2D eigenvalue weighted by Gasteiger charge is -2.13. The highest BCUT2D eigenvalue weighted by Crippen LogP contribution is 2.27. The van der Waals surface area contributed by atoms with Gasteiger partial charge in [-0.25, -0.2) is 8.42 Å². The van der Waals surface area contributed by atoms with E-state index in [0.717, 1.165) is 5.56 Å². The molecular weight excluding hydrogens is 252 g/mol. The van der Waals surface area contributed by atoms with Gasteiger partial charge in [-0.2, -0.15) is 5.10 Å². The third kappa shape index (κ3) is 2.17. The van der Waals surface area contributed by atoms with Gasteiger partial charge in [-0.05, 0) is 25.0 Å². The van der Waals surface area contributed by atoms with Crippen LogP contribution in [0.2, 0.25) is 0 Å². The summed E-state index contributed by atoms with van der Waals surface area (Å²) in [5.74, 6) is 0.301. The van der Waals surface area contributed by atoms with Crippen LogP contribution in [-0.2, 0) is 10.0 Å². The highest BCUT2D eigenvalue weighted by atomic mass is 32.2. The van der Waals surface area contributed by atoms with E-state index in [1.54, 1.807) is 26.0 Å². The molecular formula is C11H14N4O2S. The van der Waals surface area contributed by atoms with Gasteiger partial charge in [-0.3, -0.25) is 9.82 Å². The number of benzene rings is 1. The smallest absolute Gasteiger partial charge is 0.265 e. The van der Waals surface area contributed by atoms with Gasteiger partial charge in [0.1, 0.15) is 10.7 Å². The second-order valence-corrected chi connectivity index (χ2v) is 5.64. The van der Waals surface area contributed by atoms with Crippen molar-refractivity contribution in [2.24, 2.45) is 0 Å². The zero-order chi connectivity index (χ0) is 13.3. The van der Waals surface area contributed by atoms with E-state index in [1.807, 2.05) is 0 Å². The van der Waals surface area contributed by atoms with Crippen LogP contribution >= 0.6 is 0 Å². The molecule has 2 aromatic rings. The number of rotatable bonds is 3. The lowest BCUT2D eigenvalue weighted by molar-refractivity contribution is 0.600. The van der Waals surface area contributed by atoms with Gasteiger partial charge in [-0.15, -0.1) is 0 Å². The van der Waals surface area contributed by atoms with Crippen molar-refractivity contribution < 1.29 is 8.42 Å². The quantitative estimate of drug-likeness (QED) is 0.731. The summed E-state index contributed by atoms with van der Waals surface area (Å²) in [5, 5.41) is 6.21. The summed E-state index contributed by atoms with van der Waals surface area (Å²) in [6.07, 6.45) is 1.46. The first-order valence-corrected chi connectivity index (χ1v) is 6.78. The summed E-state index contributed by atoms with van der Waals surface area (Å²) in [5.41, 5.74) is 7.45. The maximum Gasteiger partial charge on any atom is 0.265 e. The number of nitrogens with two attached hydrogens (primary N) is 1. The number of aromatic nitrogens is 2. The summed E-state index contributed by atoms with van der Waals surface area (Å²) in [6, 6.07) is 5.05. The van der Waals surface area contributed by atoms with E-state index in [-0.39, 0.29) is 10.6 Å². The molecule has 0 aliphatic heterocycles. The molecule has 0 bridgehead atoms. The first kappa shape index (κ1) is 12.4.